The molecule has 3 N–H and O–H groups in total. The van der Waals surface area contributed by atoms with Crippen LogP contribution in [0.4, 0.5) is 10.1 Å². The fraction of sp³-hybridized carbons (Fsp3) is 0.303. The molecule has 1 aromatic heterocycles. The molecule has 3 aromatic carbocycles. The Hall–Kier alpha value is -4.30. The number of anilines is 1. The lowest BCUT2D eigenvalue weighted by molar-refractivity contribution is 0.0712. The molecular weight excluding hydrogens is 519 g/mol. The Kier molecular flexibility index (Phi) is 7.41. The number of nitrogens with zero attached hydrogens (tertiary/aromatic N) is 2. The first-order chi connectivity index (χ1) is 19.9. The zero-order valence-electron chi connectivity index (χ0n) is 23.0. The molecule has 1 saturated carbocycles. The van der Waals surface area contributed by atoms with Crippen LogP contribution in [0.25, 0.3) is 11.3 Å². The van der Waals surface area contributed by atoms with Gasteiger partial charge in [-0.25, -0.2) is 9.37 Å². The van der Waals surface area contributed by atoms with E-state index in [2.05, 4.69) is 27.4 Å². The van der Waals surface area contributed by atoms with E-state index >= 15 is 0 Å². The summed E-state index contributed by atoms with van der Waals surface area (Å²) < 4.78 is 13.5. The summed E-state index contributed by atoms with van der Waals surface area (Å²) in [7, 11) is 0. The number of benzene rings is 3. The summed E-state index contributed by atoms with van der Waals surface area (Å²) in [5.74, 6) is 0.695. The molecule has 2 fully saturated rings. The molecule has 0 spiro atoms. The predicted molar refractivity (Wildman–Crippen MR) is 155 cm³/mol. The summed E-state index contributed by atoms with van der Waals surface area (Å²) in [6.45, 7) is 3.24. The van der Waals surface area contributed by atoms with Crippen LogP contribution in [0.5, 0.6) is 0 Å². The number of carbonyl (C=O) groups is 2. The molecule has 6 rings (SSSR count). The molecule has 0 unspecified atom stereocenters. The smallest absolute Gasteiger partial charge is 0.274 e. The van der Waals surface area contributed by atoms with Crippen molar-refractivity contribution >= 4 is 17.5 Å². The summed E-state index contributed by atoms with van der Waals surface area (Å²) in [5, 5.41) is 12.2. The van der Waals surface area contributed by atoms with Gasteiger partial charge >= 0.3 is 0 Å². The molecule has 0 radical (unpaired) electrons. The highest BCUT2D eigenvalue weighted by Crippen LogP contribution is 2.40. The van der Waals surface area contributed by atoms with E-state index in [1.54, 1.807) is 24.3 Å². The Bertz CT molecular complexity index is 1570. The van der Waals surface area contributed by atoms with Gasteiger partial charge in [-0.1, -0.05) is 30.3 Å². The van der Waals surface area contributed by atoms with E-state index < -0.39 is 0 Å². The van der Waals surface area contributed by atoms with Crippen LogP contribution in [0, 0.1) is 12.7 Å². The van der Waals surface area contributed by atoms with Gasteiger partial charge in [0.05, 0.1) is 6.61 Å². The van der Waals surface area contributed by atoms with Gasteiger partial charge in [0, 0.05) is 35.8 Å². The van der Waals surface area contributed by atoms with Gasteiger partial charge < -0.3 is 20.3 Å². The monoisotopic (exact) mass is 552 g/mol. The molecule has 2 aliphatic rings. The van der Waals surface area contributed by atoms with Crippen LogP contribution in [0.1, 0.15) is 80.9 Å². The molecule has 210 valence electrons. The highest BCUT2D eigenvalue weighted by molar-refractivity contribution is 6.07. The summed E-state index contributed by atoms with van der Waals surface area (Å²) in [6.07, 6.45) is 3.78. The van der Waals surface area contributed by atoms with Crippen molar-refractivity contribution in [3.8, 4) is 11.3 Å². The normalized spacial score (nSPS) is 15.6. The number of hydrogen-bond acceptors (Lipinski definition) is 4. The SMILES string of the molecule is Cc1ccc(NC(=O)c2[nH]c(C3CC3)nc2-c2ccc(F)cc2)cc1C(=O)N1CCC(c2ccc(CO)cc2)CC1. The number of hydrogen-bond donors (Lipinski definition) is 3. The topological polar surface area (TPSA) is 98.3 Å². The van der Waals surface area contributed by atoms with E-state index in [1.807, 2.05) is 30.0 Å². The molecule has 2 amide bonds. The number of rotatable bonds is 7. The largest absolute Gasteiger partial charge is 0.392 e. The third-order valence-electron chi connectivity index (χ3n) is 8.17. The number of imidazole rings is 1. The fourth-order valence-corrected chi connectivity index (χ4v) is 5.53. The van der Waals surface area contributed by atoms with Crippen molar-refractivity contribution in [3.05, 3.63) is 106 Å². The lowest BCUT2D eigenvalue weighted by Gasteiger charge is -2.32. The standard InChI is InChI=1S/C33H33FN4O3/c1-20-2-13-27(18-28(20)33(41)38-16-14-23(15-17-38)22-5-3-21(19-39)4-6-22)35-32(40)30-29(24-9-11-26(34)12-10-24)36-31(37-30)25-7-8-25/h2-6,9-13,18,23,25,39H,7-8,14-17,19H2,1H3,(H,35,40)(H,36,37). The molecule has 0 bridgehead atoms. The quantitative estimate of drug-likeness (QED) is 0.256. The molecule has 41 heavy (non-hydrogen) atoms. The molecule has 2 heterocycles. The Morgan fingerprint density at radius 3 is 2.34 bits per heavy atom. The second-order valence-corrected chi connectivity index (χ2v) is 11.1. The van der Waals surface area contributed by atoms with Crippen LogP contribution in [-0.4, -0.2) is 44.9 Å². The number of H-pyrrole nitrogens is 1. The second-order valence-electron chi connectivity index (χ2n) is 11.1. The summed E-state index contributed by atoms with van der Waals surface area (Å²) in [6, 6.07) is 19.4. The maximum atomic E-state index is 13.5. The number of amides is 2. The number of piperidine rings is 1. The number of nitrogens with one attached hydrogen (secondary N) is 2. The highest BCUT2D eigenvalue weighted by Gasteiger charge is 2.30. The number of carbonyl (C=O) groups excluding carboxylic acids is 2. The maximum absolute atomic E-state index is 13.5. The number of aliphatic hydroxyl groups excluding tert-OH is 1. The summed E-state index contributed by atoms with van der Waals surface area (Å²) in [5.41, 5.74) is 5.53. The van der Waals surface area contributed by atoms with E-state index in [0.717, 1.165) is 42.6 Å². The van der Waals surface area contributed by atoms with Crippen molar-refractivity contribution in [1.82, 2.24) is 14.9 Å². The first-order valence-electron chi connectivity index (χ1n) is 14.2. The van der Waals surface area contributed by atoms with Gasteiger partial charge in [0.2, 0.25) is 0 Å². The number of aryl methyl sites for hydroxylation is 1. The van der Waals surface area contributed by atoms with Crippen molar-refractivity contribution < 1.29 is 19.1 Å². The molecule has 0 atom stereocenters. The van der Waals surface area contributed by atoms with Crippen LogP contribution in [0.2, 0.25) is 0 Å². The Balaban J connectivity index is 1.16. The van der Waals surface area contributed by atoms with Crippen LogP contribution in [0.15, 0.2) is 66.7 Å². The Labute approximate surface area is 238 Å². The van der Waals surface area contributed by atoms with Crippen LogP contribution < -0.4 is 5.32 Å². The third-order valence-corrected chi connectivity index (χ3v) is 8.17. The maximum Gasteiger partial charge on any atom is 0.274 e. The highest BCUT2D eigenvalue weighted by atomic mass is 19.1. The molecule has 8 heteroatoms. The van der Waals surface area contributed by atoms with Gasteiger partial charge in [-0.15, -0.1) is 0 Å². The third kappa shape index (κ3) is 5.79. The summed E-state index contributed by atoms with van der Waals surface area (Å²) >= 11 is 0. The lowest BCUT2D eigenvalue weighted by atomic mass is 9.88. The Morgan fingerprint density at radius 1 is 0.976 bits per heavy atom. The number of likely N-dealkylation sites (tertiary alicyclic amines) is 1. The molecule has 7 nitrogen and oxygen atoms in total. The number of aromatic nitrogens is 2. The van der Waals surface area contributed by atoms with E-state index in [-0.39, 0.29) is 24.2 Å². The van der Waals surface area contributed by atoms with Crippen molar-refractivity contribution in [2.75, 3.05) is 18.4 Å². The van der Waals surface area contributed by atoms with Crippen LogP contribution in [0.3, 0.4) is 0 Å². The van der Waals surface area contributed by atoms with Gasteiger partial charge in [0.15, 0.2) is 0 Å². The van der Waals surface area contributed by atoms with E-state index in [9.17, 15) is 19.1 Å². The van der Waals surface area contributed by atoms with Gasteiger partial charge in [0.25, 0.3) is 11.8 Å². The van der Waals surface area contributed by atoms with Gasteiger partial charge in [0.1, 0.15) is 23.0 Å². The van der Waals surface area contributed by atoms with Crippen molar-refractivity contribution in [2.45, 2.75) is 51.0 Å². The van der Waals surface area contributed by atoms with Crippen LogP contribution in [-0.2, 0) is 6.61 Å². The molecule has 1 aliphatic heterocycles. The number of aliphatic hydroxyl groups is 1. The minimum absolute atomic E-state index is 0.0326. The van der Waals surface area contributed by atoms with Gasteiger partial charge in [-0.3, -0.25) is 9.59 Å². The average Bonchev–Trinajstić information content (AvgIpc) is 3.76. The predicted octanol–water partition coefficient (Wildman–Crippen LogP) is 6.17. The van der Waals surface area contributed by atoms with Gasteiger partial charge in [-0.2, -0.15) is 0 Å². The minimum atomic E-state index is -0.362. The molecule has 1 saturated heterocycles. The number of aromatic amines is 1. The minimum Gasteiger partial charge on any atom is -0.392 e. The first-order valence-corrected chi connectivity index (χ1v) is 14.2. The molecule has 1 aliphatic carbocycles. The van der Waals surface area contributed by atoms with Gasteiger partial charge in [-0.05, 0) is 91.6 Å². The van der Waals surface area contributed by atoms with E-state index in [1.165, 1.54) is 17.7 Å². The Morgan fingerprint density at radius 2 is 1.68 bits per heavy atom. The van der Waals surface area contributed by atoms with Crippen molar-refractivity contribution in [1.29, 1.82) is 0 Å². The molecule has 4 aromatic rings. The van der Waals surface area contributed by atoms with E-state index in [4.69, 9.17) is 0 Å². The van der Waals surface area contributed by atoms with Crippen molar-refractivity contribution in [2.24, 2.45) is 0 Å². The van der Waals surface area contributed by atoms with E-state index in [0.29, 0.717) is 53.1 Å². The summed E-state index contributed by atoms with van der Waals surface area (Å²) in [4.78, 5) is 36.8. The lowest BCUT2D eigenvalue weighted by Crippen LogP contribution is -2.38. The molecular formula is C33H33FN4O3. The second kappa shape index (κ2) is 11.3. The number of halogens is 1. The van der Waals surface area contributed by atoms with Crippen LogP contribution >= 0.6 is 0 Å². The average molecular weight is 553 g/mol. The zero-order chi connectivity index (χ0) is 28.5. The first kappa shape index (κ1) is 26.9. The zero-order valence-corrected chi connectivity index (χ0v) is 23.0. The van der Waals surface area contributed by atoms with Crippen molar-refractivity contribution in [3.63, 3.8) is 0 Å². The fourth-order valence-electron chi connectivity index (χ4n) is 5.53.